The zero-order chi connectivity index (χ0) is 7.28. The first-order chi connectivity index (χ1) is 4.18. The molecule has 0 aromatic carbocycles. The molecule has 0 bridgehead atoms. The third-order valence-corrected chi connectivity index (χ3v) is 1.06. The van der Waals surface area contributed by atoms with E-state index in [9.17, 15) is 0 Å². The summed E-state index contributed by atoms with van der Waals surface area (Å²) in [5.41, 5.74) is 2.19. The van der Waals surface area contributed by atoms with Gasteiger partial charge in [-0.15, -0.1) is 6.42 Å². The lowest BCUT2D eigenvalue weighted by Gasteiger charge is -1.91. The van der Waals surface area contributed by atoms with Crippen LogP contribution < -0.4 is 0 Å². The van der Waals surface area contributed by atoms with Crippen LogP contribution in [0.1, 0.15) is 20.8 Å². The van der Waals surface area contributed by atoms with Crippen LogP contribution in [0.4, 0.5) is 0 Å². The molecule has 0 fully saturated rings. The number of hydrogen-bond acceptors (Lipinski definition) is 1. The van der Waals surface area contributed by atoms with Gasteiger partial charge in [-0.3, -0.25) is 4.99 Å². The molecule has 0 rings (SSSR count). The Morgan fingerprint density at radius 2 is 2.00 bits per heavy atom. The molecule has 0 radical (unpaired) electrons. The Balaban J connectivity index is 4.11. The van der Waals surface area contributed by atoms with Crippen LogP contribution in [0.2, 0.25) is 0 Å². The fourth-order valence-corrected chi connectivity index (χ4v) is 0.263. The standard InChI is InChI=1S/C8H11N/c1-5-6-9-8(4)7(2)3/h1,6H,2-4H3. The number of rotatable bonds is 1. The molecule has 0 N–H and O–H groups in total. The molecule has 0 atom stereocenters. The Morgan fingerprint density at radius 1 is 1.44 bits per heavy atom. The molecule has 48 valence electrons. The number of nitrogens with zero attached hydrogens (tertiary/aromatic N) is 1. The Morgan fingerprint density at radius 3 is 2.33 bits per heavy atom. The predicted octanol–water partition coefficient (Wildman–Crippen LogP) is 2.00. The molecular formula is C8H11N. The van der Waals surface area contributed by atoms with Gasteiger partial charge in [-0.2, -0.15) is 0 Å². The van der Waals surface area contributed by atoms with Crippen molar-refractivity contribution in [3.05, 3.63) is 11.3 Å². The summed E-state index contributed by atoms with van der Waals surface area (Å²) in [5, 5.41) is 0. The van der Waals surface area contributed by atoms with Gasteiger partial charge >= 0.3 is 0 Å². The highest BCUT2D eigenvalue weighted by Gasteiger charge is 1.82. The number of aliphatic imine (C=N–C) groups is 1. The first-order valence-electron chi connectivity index (χ1n) is 2.81. The minimum absolute atomic E-state index is 0.993. The first-order valence-corrected chi connectivity index (χ1v) is 2.81. The molecule has 0 aromatic heterocycles. The van der Waals surface area contributed by atoms with Crippen molar-refractivity contribution in [1.82, 2.24) is 0 Å². The first kappa shape index (κ1) is 7.97. The summed E-state index contributed by atoms with van der Waals surface area (Å²) < 4.78 is 0. The number of hydrogen-bond donors (Lipinski definition) is 0. The molecule has 0 spiro atoms. The third-order valence-electron chi connectivity index (χ3n) is 1.06. The van der Waals surface area contributed by atoms with Crippen molar-refractivity contribution in [2.45, 2.75) is 20.8 Å². The van der Waals surface area contributed by atoms with Crippen molar-refractivity contribution in [1.29, 1.82) is 0 Å². The van der Waals surface area contributed by atoms with Gasteiger partial charge in [0, 0.05) is 5.70 Å². The number of allylic oxidation sites excluding steroid dienone is 2. The maximum absolute atomic E-state index is 4.96. The molecular weight excluding hydrogens is 110 g/mol. The van der Waals surface area contributed by atoms with E-state index in [1.807, 2.05) is 20.8 Å². The van der Waals surface area contributed by atoms with Crippen LogP contribution in [0.15, 0.2) is 16.3 Å². The summed E-state index contributed by atoms with van der Waals surface area (Å²) in [5.74, 6) is 2.33. The minimum Gasteiger partial charge on any atom is -0.253 e. The molecule has 0 amide bonds. The van der Waals surface area contributed by atoms with E-state index in [1.54, 1.807) is 0 Å². The molecule has 1 nitrogen and oxygen atoms in total. The van der Waals surface area contributed by atoms with E-state index in [0.717, 1.165) is 5.70 Å². The Labute approximate surface area is 56.5 Å². The van der Waals surface area contributed by atoms with Gasteiger partial charge in [0.25, 0.3) is 0 Å². The van der Waals surface area contributed by atoms with Crippen LogP contribution in [-0.4, -0.2) is 6.21 Å². The number of terminal acetylenes is 1. The Kier molecular flexibility index (Phi) is 3.46. The van der Waals surface area contributed by atoms with E-state index in [4.69, 9.17) is 6.42 Å². The molecule has 0 aromatic rings. The highest BCUT2D eigenvalue weighted by Crippen LogP contribution is 2.00. The Hall–Kier alpha value is -1.03. The largest absolute Gasteiger partial charge is 0.253 e. The zero-order valence-electron chi connectivity index (χ0n) is 6.10. The van der Waals surface area contributed by atoms with E-state index in [0.29, 0.717) is 0 Å². The van der Waals surface area contributed by atoms with Crippen LogP contribution in [-0.2, 0) is 0 Å². The summed E-state index contributed by atoms with van der Waals surface area (Å²) >= 11 is 0. The zero-order valence-corrected chi connectivity index (χ0v) is 6.10. The van der Waals surface area contributed by atoms with Gasteiger partial charge in [0.05, 0.1) is 6.21 Å². The van der Waals surface area contributed by atoms with E-state index >= 15 is 0 Å². The van der Waals surface area contributed by atoms with Gasteiger partial charge in [-0.25, -0.2) is 0 Å². The topological polar surface area (TPSA) is 12.4 Å². The van der Waals surface area contributed by atoms with Crippen molar-refractivity contribution >= 4 is 6.21 Å². The van der Waals surface area contributed by atoms with E-state index in [-0.39, 0.29) is 0 Å². The molecule has 0 heterocycles. The lowest BCUT2D eigenvalue weighted by molar-refractivity contribution is 1.20. The molecule has 0 aliphatic heterocycles. The van der Waals surface area contributed by atoms with Gasteiger partial charge in [-0.1, -0.05) is 11.5 Å². The summed E-state index contributed by atoms with van der Waals surface area (Å²) in [6, 6.07) is 0. The molecule has 9 heavy (non-hydrogen) atoms. The summed E-state index contributed by atoms with van der Waals surface area (Å²) in [7, 11) is 0. The van der Waals surface area contributed by atoms with E-state index < -0.39 is 0 Å². The van der Waals surface area contributed by atoms with E-state index in [1.165, 1.54) is 11.8 Å². The smallest absolute Gasteiger partial charge is 0.0766 e. The summed E-state index contributed by atoms with van der Waals surface area (Å²) in [6.07, 6.45) is 6.42. The molecule has 0 saturated heterocycles. The fourth-order valence-electron chi connectivity index (χ4n) is 0.263. The van der Waals surface area contributed by atoms with Gasteiger partial charge in [0.1, 0.15) is 0 Å². The van der Waals surface area contributed by atoms with Gasteiger partial charge in [0.15, 0.2) is 0 Å². The second kappa shape index (κ2) is 3.91. The Bertz CT molecular complexity index is 175. The third kappa shape index (κ3) is 3.54. The van der Waals surface area contributed by atoms with Crippen molar-refractivity contribution < 1.29 is 0 Å². The average Bonchev–Trinajstić information content (AvgIpc) is 1.82. The lowest BCUT2D eigenvalue weighted by atomic mass is 10.3. The normalized spacial score (nSPS) is 9.11. The highest BCUT2D eigenvalue weighted by atomic mass is 14.7. The van der Waals surface area contributed by atoms with Crippen LogP contribution in [0.3, 0.4) is 0 Å². The SMILES string of the molecule is C#CC=NC(C)=C(C)C. The monoisotopic (exact) mass is 121 g/mol. The molecule has 0 unspecified atom stereocenters. The fraction of sp³-hybridized carbons (Fsp3) is 0.375. The van der Waals surface area contributed by atoms with Crippen LogP contribution in [0.5, 0.6) is 0 Å². The van der Waals surface area contributed by atoms with Gasteiger partial charge in [-0.05, 0) is 20.8 Å². The van der Waals surface area contributed by atoms with Crippen LogP contribution in [0.25, 0.3) is 0 Å². The van der Waals surface area contributed by atoms with Gasteiger partial charge in [0.2, 0.25) is 0 Å². The quantitative estimate of drug-likeness (QED) is 0.371. The van der Waals surface area contributed by atoms with Crippen molar-refractivity contribution in [3.63, 3.8) is 0 Å². The van der Waals surface area contributed by atoms with Crippen LogP contribution in [0, 0.1) is 12.3 Å². The minimum atomic E-state index is 0.993. The van der Waals surface area contributed by atoms with Crippen molar-refractivity contribution in [2.75, 3.05) is 0 Å². The molecule has 1 heteroatoms. The molecule has 0 saturated carbocycles. The second-order valence-corrected chi connectivity index (χ2v) is 2.01. The summed E-state index contributed by atoms with van der Waals surface area (Å²) in [6.45, 7) is 5.94. The maximum atomic E-state index is 4.96. The van der Waals surface area contributed by atoms with Gasteiger partial charge < -0.3 is 0 Å². The summed E-state index contributed by atoms with van der Waals surface area (Å²) in [4.78, 5) is 3.96. The average molecular weight is 121 g/mol. The predicted molar refractivity (Wildman–Crippen MR) is 41.4 cm³/mol. The van der Waals surface area contributed by atoms with Crippen molar-refractivity contribution in [2.24, 2.45) is 4.99 Å². The lowest BCUT2D eigenvalue weighted by Crippen LogP contribution is -1.74. The highest BCUT2D eigenvalue weighted by molar-refractivity contribution is 5.78. The van der Waals surface area contributed by atoms with Crippen molar-refractivity contribution in [3.8, 4) is 12.3 Å². The molecule has 0 aliphatic carbocycles. The molecule has 0 aliphatic rings. The maximum Gasteiger partial charge on any atom is 0.0766 e. The second-order valence-electron chi connectivity index (χ2n) is 2.01. The van der Waals surface area contributed by atoms with E-state index in [2.05, 4.69) is 10.9 Å². The van der Waals surface area contributed by atoms with Crippen LogP contribution >= 0.6 is 0 Å².